The SMILES string of the molecule is Cl.O=C(c1ccc(-c2ncco2)cc1)N1CCCN(C2CCC2)CC1.O=C1CCC1. The summed E-state index contributed by atoms with van der Waals surface area (Å²) in [6, 6.07) is 8.31. The van der Waals surface area contributed by atoms with Gasteiger partial charge in [-0.15, -0.1) is 12.4 Å². The molecule has 0 unspecified atom stereocenters. The third-order valence-electron chi connectivity index (χ3n) is 6.13. The van der Waals surface area contributed by atoms with Crippen molar-refractivity contribution >= 4 is 24.1 Å². The maximum atomic E-state index is 12.8. The van der Waals surface area contributed by atoms with Crippen LogP contribution in [-0.2, 0) is 4.79 Å². The third-order valence-corrected chi connectivity index (χ3v) is 6.13. The van der Waals surface area contributed by atoms with Crippen molar-refractivity contribution in [3.8, 4) is 11.5 Å². The molecular formula is C23H30ClN3O3. The predicted molar refractivity (Wildman–Crippen MR) is 118 cm³/mol. The Kier molecular flexibility index (Phi) is 8.05. The molecule has 1 aromatic carbocycles. The molecule has 3 aliphatic rings. The molecule has 2 heterocycles. The van der Waals surface area contributed by atoms with Crippen LogP contribution in [0.2, 0.25) is 0 Å². The average Bonchev–Trinajstić information content (AvgIpc) is 3.12. The maximum Gasteiger partial charge on any atom is 0.253 e. The molecule has 2 aromatic rings. The van der Waals surface area contributed by atoms with Gasteiger partial charge in [-0.05, 0) is 49.9 Å². The van der Waals surface area contributed by atoms with E-state index in [-0.39, 0.29) is 18.3 Å². The van der Waals surface area contributed by atoms with E-state index in [1.54, 1.807) is 12.5 Å². The van der Waals surface area contributed by atoms with Crippen molar-refractivity contribution < 1.29 is 14.0 Å². The minimum absolute atomic E-state index is 0. The van der Waals surface area contributed by atoms with Crippen LogP contribution in [0.15, 0.2) is 41.1 Å². The summed E-state index contributed by atoms with van der Waals surface area (Å²) in [6.07, 6.45) is 11.1. The topological polar surface area (TPSA) is 66.7 Å². The number of nitrogens with zero attached hydrogens (tertiary/aromatic N) is 3. The number of hydrogen-bond donors (Lipinski definition) is 0. The van der Waals surface area contributed by atoms with Crippen molar-refractivity contribution in [2.24, 2.45) is 0 Å². The molecule has 0 bridgehead atoms. The fraction of sp³-hybridized carbons (Fsp3) is 0.522. The first-order chi connectivity index (χ1) is 14.2. The highest BCUT2D eigenvalue weighted by Crippen LogP contribution is 2.26. The van der Waals surface area contributed by atoms with Gasteiger partial charge in [0.05, 0.1) is 6.20 Å². The number of benzene rings is 1. The van der Waals surface area contributed by atoms with Gasteiger partial charge in [-0.2, -0.15) is 0 Å². The van der Waals surface area contributed by atoms with Crippen molar-refractivity contribution in [3.63, 3.8) is 0 Å². The number of ketones is 1. The second-order valence-corrected chi connectivity index (χ2v) is 8.07. The molecule has 7 heteroatoms. The predicted octanol–water partition coefficient (Wildman–Crippen LogP) is 4.20. The summed E-state index contributed by atoms with van der Waals surface area (Å²) < 4.78 is 5.29. The van der Waals surface area contributed by atoms with Crippen molar-refractivity contribution in [2.75, 3.05) is 26.2 Å². The van der Waals surface area contributed by atoms with Crippen LogP contribution in [-0.4, -0.2) is 58.7 Å². The Balaban J connectivity index is 0.000000376. The van der Waals surface area contributed by atoms with E-state index in [4.69, 9.17) is 4.42 Å². The molecule has 1 aromatic heterocycles. The van der Waals surface area contributed by atoms with Crippen LogP contribution in [0.4, 0.5) is 0 Å². The first kappa shape index (κ1) is 22.5. The highest BCUT2D eigenvalue weighted by atomic mass is 35.5. The number of carbonyl (C=O) groups excluding carboxylic acids is 2. The molecule has 162 valence electrons. The molecule has 6 nitrogen and oxygen atoms in total. The summed E-state index contributed by atoms with van der Waals surface area (Å²) in [7, 11) is 0. The van der Waals surface area contributed by atoms with E-state index in [2.05, 4.69) is 9.88 Å². The van der Waals surface area contributed by atoms with Gasteiger partial charge in [0.25, 0.3) is 5.91 Å². The maximum absolute atomic E-state index is 12.8. The number of hydrogen-bond acceptors (Lipinski definition) is 5. The van der Waals surface area contributed by atoms with Crippen LogP contribution in [0.25, 0.3) is 11.5 Å². The van der Waals surface area contributed by atoms with Crippen LogP contribution in [0, 0.1) is 0 Å². The Morgan fingerprint density at radius 3 is 2.23 bits per heavy atom. The summed E-state index contributed by atoms with van der Waals surface area (Å²) in [4.78, 5) is 31.4. The summed E-state index contributed by atoms with van der Waals surface area (Å²) in [5.74, 6) is 1.15. The van der Waals surface area contributed by atoms with Gasteiger partial charge < -0.3 is 9.32 Å². The molecular weight excluding hydrogens is 402 g/mol. The molecule has 3 fully saturated rings. The minimum Gasteiger partial charge on any atom is -0.445 e. The van der Waals surface area contributed by atoms with Crippen LogP contribution in [0.3, 0.4) is 0 Å². The van der Waals surface area contributed by atoms with Gasteiger partial charge in [0.15, 0.2) is 0 Å². The van der Waals surface area contributed by atoms with Crippen molar-refractivity contribution in [1.29, 1.82) is 0 Å². The largest absolute Gasteiger partial charge is 0.445 e. The number of Topliss-reactive ketones (excluding diaryl/α,β-unsaturated/α-hetero) is 1. The van der Waals surface area contributed by atoms with Gasteiger partial charge in [-0.25, -0.2) is 4.98 Å². The summed E-state index contributed by atoms with van der Waals surface area (Å²) in [5.41, 5.74) is 1.63. The monoisotopic (exact) mass is 431 g/mol. The minimum atomic E-state index is 0. The second-order valence-electron chi connectivity index (χ2n) is 8.07. The first-order valence-corrected chi connectivity index (χ1v) is 10.8. The number of oxazole rings is 1. The number of carbonyl (C=O) groups is 2. The molecule has 0 spiro atoms. The quantitative estimate of drug-likeness (QED) is 0.728. The van der Waals surface area contributed by atoms with Crippen LogP contribution in [0.5, 0.6) is 0 Å². The van der Waals surface area contributed by atoms with E-state index < -0.39 is 0 Å². The summed E-state index contributed by atoms with van der Waals surface area (Å²) in [6.45, 7) is 3.81. The van der Waals surface area contributed by atoms with Crippen molar-refractivity contribution in [2.45, 2.75) is 51.0 Å². The molecule has 1 aliphatic heterocycles. The highest BCUT2D eigenvalue weighted by molar-refractivity contribution is 5.94. The Bertz CT molecular complexity index is 813. The van der Waals surface area contributed by atoms with Gasteiger partial charge in [0, 0.05) is 56.2 Å². The Labute approximate surface area is 184 Å². The number of halogens is 1. The molecule has 1 saturated heterocycles. The van der Waals surface area contributed by atoms with E-state index in [0.29, 0.717) is 11.7 Å². The molecule has 5 rings (SSSR count). The van der Waals surface area contributed by atoms with Gasteiger partial charge in [0.2, 0.25) is 5.89 Å². The molecule has 30 heavy (non-hydrogen) atoms. The Hall–Kier alpha value is -2.18. The van der Waals surface area contributed by atoms with Gasteiger partial charge >= 0.3 is 0 Å². The van der Waals surface area contributed by atoms with E-state index >= 15 is 0 Å². The molecule has 0 radical (unpaired) electrons. The standard InChI is InChI=1S/C19H23N3O2.C4H6O.ClH/c23-19(16-7-5-15(6-8-16)18-20-9-14-24-18)22-11-2-10-21(12-13-22)17-3-1-4-17;5-4-2-1-3-4;/h5-9,14,17H,1-4,10-13H2;1-3H2;1H. The zero-order valence-electron chi connectivity index (χ0n) is 17.3. The zero-order valence-corrected chi connectivity index (χ0v) is 18.1. The van der Waals surface area contributed by atoms with Gasteiger partial charge in [-0.3, -0.25) is 14.5 Å². The molecule has 0 atom stereocenters. The number of amides is 1. The summed E-state index contributed by atoms with van der Waals surface area (Å²) >= 11 is 0. The van der Waals surface area contributed by atoms with E-state index in [1.807, 2.05) is 29.2 Å². The van der Waals surface area contributed by atoms with E-state index in [9.17, 15) is 9.59 Å². The number of rotatable bonds is 3. The fourth-order valence-corrected chi connectivity index (χ4v) is 3.88. The lowest BCUT2D eigenvalue weighted by Crippen LogP contribution is -2.42. The highest BCUT2D eigenvalue weighted by Gasteiger charge is 2.28. The normalized spacial score (nSPS) is 19.5. The third kappa shape index (κ3) is 5.49. The Morgan fingerprint density at radius 2 is 1.70 bits per heavy atom. The van der Waals surface area contributed by atoms with Gasteiger partial charge in [0.1, 0.15) is 12.0 Å². The van der Waals surface area contributed by atoms with Crippen molar-refractivity contribution in [1.82, 2.24) is 14.8 Å². The van der Waals surface area contributed by atoms with E-state index in [1.165, 1.54) is 19.3 Å². The average molecular weight is 432 g/mol. The first-order valence-electron chi connectivity index (χ1n) is 10.8. The van der Waals surface area contributed by atoms with Gasteiger partial charge in [-0.1, -0.05) is 6.42 Å². The van der Waals surface area contributed by atoms with Crippen LogP contribution in [0.1, 0.15) is 55.3 Å². The Morgan fingerprint density at radius 1 is 0.967 bits per heavy atom. The lowest BCUT2D eigenvalue weighted by molar-refractivity contribution is -0.123. The molecule has 0 N–H and O–H groups in total. The van der Waals surface area contributed by atoms with Crippen LogP contribution >= 0.6 is 12.4 Å². The lowest BCUT2D eigenvalue weighted by Gasteiger charge is -2.36. The van der Waals surface area contributed by atoms with E-state index in [0.717, 1.165) is 69.0 Å². The smallest absolute Gasteiger partial charge is 0.253 e. The van der Waals surface area contributed by atoms with Crippen molar-refractivity contribution in [3.05, 3.63) is 42.3 Å². The summed E-state index contributed by atoms with van der Waals surface area (Å²) in [5, 5.41) is 0. The fourth-order valence-electron chi connectivity index (χ4n) is 3.88. The molecule has 2 saturated carbocycles. The number of aromatic nitrogens is 1. The molecule has 2 aliphatic carbocycles. The lowest BCUT2D eigenvalue weighted by atomic mass is 9.91. The molecule has 1 amide bonds. The zero-order chi connectivity index (χ0) is 20.1. The second kappa shape index (κ2) is 10.7. The van der Waals surface area contributed by atoms with Crippen LogP contribution < -0.4 is 0 Å².